The third kappa shape index (κ3) is 2.28. The number of rotatable bonds is 3. The molecule has 0 radical (unpaired) electrons. The quantitative estimate of drug-likeness (QED) is 0.426. The van der Waals surface area contributed by atoms with E-state index in [9.17, 15) is 4.79 Å². The van der Waals surface area contributed by atoms with Gasteiger partial charge in [0.1, 0.15) is 5.75 Å². The number of hydrogen-bond donors (Lipinski definition) is 0. The maximum Gasteiger partial charge on any atom is 0.379 e. The first-order valence-electron chi connectivity index (χ1n) is 7.35. The number of fused-ring (bicyclic) bond motifs is 2. The van der Waals surface area contributed by atoms with Crippen LogP contribution in [0.5, 0.6) is 11.5 Å². The van der Waals surface area contributed by atoms with Gasteiger partial charge in [-0.05, 0) is 24.3 Å². The van der Waals surface area contributed by atoms with Crippen LogP contribution in [0, 0.1) is 0 Å². The minimum absolute atomic E-state index is 0.121. The fraction of sp³-hybridized carbons (Fsp3) is 0.111. The van der Waals surface area contributed by atoms with Gasteiger partial charge in [-0.25, -0.2) is 9.78 Å². The number of nitrogens with zero attached hydrogens (tertiary/aromatic N) is 2. The van der Waals surface area contributed by atoms with E-state index in [2.05, 4.69) is 4.98 Å². The van der Waals surface area contributed by atoms with Crippen molar-refractivity contribution in [3.63, 3.8) is 0 Å². The van der Waals surface area contributed by atoms with Crippen LogP contribution in [-0.2, 0) is 7.05 Å². The number of para-hydroxylation sites is 1. The van der Waals surface area contributed by atoms with Gasteiger partial charge in [0, 0.05) is 18.5 Å². The molecule has 6 nitrogen and oxygen atoms in total. The zero-order valence-electron chi connectivity index (χ0n) is 13.1. The van der Waals surface area contributed by atoms with Crippen LogP contribution in [0.1, 0.15) is 10.6 Å². The number of esters is 1. The van der Waals surface area contributed by atoms with Gasteiger partial charge in [0.05, 0.1) is 24.5 Å². The molecule has 6 heteroatoms. The van der Waals surface area contributed by atoms with E-state index in [4.69, 9.17) is 13.9 Å². The van der Waals surface area contributed by atoms with Crippen molar-refractivity contribution in [3.05, 3.63) is 54.6 Å². The molecule has 0 fully saturated rings. The first kappa shape index (κ1) is 14.3. The number of aryl methyl sites for hydroxylation is 1. The molecule has 0 atom stereocenters. The summed E-state index contributed by atoms with van der Waals surface area (Å²) < 4.78 is 18.1. The minimum atomic E-state index is -0.566. The lowest BCUT2D eigenvalue weighted by Crippen LogP contribution is -2.07. The summed E-state index contributed by atoms with van der Waals surface area (Å²) in [4.78, 5) is 16.6. The lowest BCUT2D eigenvalue weighted by atomic mass is 10.2. The highest BCUT2D eigenvalue weighted by molar-refractivity contribution is 5.95. The molecule has 0 aliphatic heterocycles. The second-order valence-corrected chi connectivity index (χ2v) is 5.38. The van der Waals surface area contributed by atoms with Crippen molar-refractivity contribution in [2.75, 3.05) is 7.11 Å². The molecule has 0 bridgehead atoms. The highest BCUT2D eigenvalue weighted by Crippen LogP contribution is 2.29. The van der Waals surface area contributed by atoms with Crippen LogP contribution in [0.15, 0.2) is 53.2 Å². The molecule has 0 unspecified atom stereocenters. The van der Waals surface area contributed by atoms with Crippen LogP contribution in [0.2, 0.25) is 0 Å². The Labute approximate surface area is 137 Å². The first-order chi connectivity index (χ1) is 11.7. The molecule has 4 aromatic rings. The van der Waals surface area contributed by atoms with Crippen LogP contribution in [0.4, 0.5) is 0 Å². The Morgan fingerprint density at radius 1 is 1.21 bits per heavy atom. The van der Waals surface area contributed by atoms with Crippen molar-refractivity contribution < 1.29 is 18.7 Å². The van der Waals surface area contributed by atoms with Gasteiger partial charge in [-0.2, -0.15) is 0 Å². The van der Waals surface area contributed by atoms with Gasteiger partial charge < -0.3 is 18.5 Å². The van der Waals surface area contributed by atoms with E-state index >= 15 is 0 Å². The average Bonchev–Trinajstić information content (AvgIpc) is 3.18. The zero-order chi connectivity index (χ0) is 16.7. The fourth-order valence-electron chi connectivity index (χ4n) is 2.63. The Morgan fingerprint density at radius 3 is 2.92 bits per heavy atom. The highest BCUT2D eigenvalue weighted by Gasteiger charge is 2.17. The average molecular weight is 322 g/mol. The summed E-state index contributed by atoms with van der Waals surface area (Å²) >= 11 is 0. The number of hydrogen-bond acceptors (Lipinski definition) is 5. The Bertz CT molecular complexity index is 1060. The predicted molar refractivity (Wildman–Crippen MR) is 88.4 cm³/mol. The van der Waals surface area contributed by atoms with Crippen LogP contribution < -0.4 is 9.47 Å². The largest absolute Gasteiger partial charge is 0.493 e. The van der Waals surface area contributed by atoms with Gasteiger partial charge in [-0.15, -0.1) is 0 Å². The minimum Gasteiger partial charge on any atom is -0.493 e. The molecule has 0 aliphatic carbocycles. The zero-order valence-corrected chi connectivity index (χ0v) is 13.1. The number of imidazole rings is 1. The van der Waals surface area contributed by atoms with Crippen molar-refractivity contribution in [2.45, 2.75) is 0 Å². The molecular formula is C18H14N2O4. The standard InChI is InChI=1S/C18H14N2O4/c1-20-10-19-13-9-12(6-7-14(13)20)23-18(21)16-8-11-4-3-5-15(22-2)17(11)24-16/h3-10H,1-2H3. The van der Waals surface area contributed by atoms with Gasteiger partial charge in [0.2, 0.25) is 5.76 Å². The lowest BCUT2D eigenvalue weighted by Gasteiger charge is -2.02. The summed E-state index contributed by atoms with van der Waals surface area (Å²) in [5, 5.41) is 0.779. The topological polar surface area (TPSA) is 66.5 Å². The third-order valence-corrected chi connectivity index (χ3v) is 3.84. The van der Waals surface area contributed by atoms with Gasteiger partial charge in [0.15, 0.2) is 11.3 Å². The fourth-order valence-corrected chi connectivity index (χ4v) is 2.63. The second kappa shape index (κ2) is 5.42. The maximum atomic E-state index is 12.3. The Morgan fingerprint density at radius 2 is 2.08 bits per heavy atom. The van der Waals surface area contributed by atoms with E-state index in [1.54, 1.807) is 37.7 Å². The third-order valence-electron chi connectivity index (χ3n) is 3.84. The van der Waals surface area contributed by atoms with Crippen molar-refractivity contribution in [1.29, 1.82) is 0 Å². The Kier molecular flexibility index (Phi) is 3.23. The molecule has 0 spiro atoms. The number of ether oxygens (including phenoxy) is 2. The molecule has 2 aromatic carbocycles. The molecule has 24 heavy (non-hydrogen) atoms. The molecule has 0 amide bonds. The number of benzene rings is 2. The van der Waals surface area contributed by atoms with Gasteiger partial charge >= 0.3 is 5.97 Å². The number of carbonyl (C=O) groups excluding carboxylic acids is 1. The van der Waals surface area contributed by atoms with E-state index in [0.717, 1.165) is 16.4 Å². The molecule has 4 rings (SSSR count). The Hall–Kier alpha value is -3.28. The van der Waals surface area contributed by atoms with Crippen molar-refractivity contribution >= 4 is 28.0 Å². The highest BCUT2D eigenvalue weighted by atomic mass is 16.5. The lowest BCUT2D eigenvalue weighted by molar-refractivity contribution is 0.0704. The predicted octanol–water partition coefficient (Wildman–Crippen LogP) is 3.55. The van der Waals surface area contributed by atoms with Gasteiger partial charge in [-0.1, -0.05) is 12.1 Å². The van der Waals surface area contributed by atoms with Crippen LogP contribution >= 0.6 is 0 Å². The summed E-state index contributed by atoms with van der Waals surface area (Å²) in [5.74, 6) is 0.541. The summed E-state index contributed by atoms with van der Waals surface area (Å²) in [7, 11) is 3.46. The van der Waals surface area contributed by atoms with Crippen LogP contribution in [-0.4, -0.2) is 22.6 Å². The summed E-state index contributed by atoms with van der Waals surface area (Å²) in [6, 6.07) is 12.4. The van der Waals surface area contributed by atoms with E-state index in [1.165, 1.54) is 0 Å². The number of furan rings is 1. The Balaban J connectivity index is 1.65. The molecule has 0 saturated heterocycles. The molecule has 0 aliphatic rings. The van der Waals surface area contributed by atoms with Crippen molar-refractivity contribution in [3.8, 4) is 11.5 Å². The monoisotopic (exact) mass is 322 g/mol. The number of aromatic nitrogens is 2. The molecule has 0 saturated carbocycles. The molecule has 2 aromatic heterocycles. The van der Waals surface area contributed by atoms with E-state index < -0.39 is 5.97 Å². The van der Waals surface area contributed by atoms with E-state index in [-0.39, 0.29) is 5.76 Å². The van der Waals surface area contributed by atoms with Crippen molar-refractivity contribution in [1.82, 2.24) is 9.55 Å². The molecule has 120 valence electrons. The van der Waals surface area contributed by atoms with Crippen LogP contribution in [0.25, 0.3) is 22.0 Å². The van der Waals surface area contributed by atoms with Crippen LogP contribution in [0.3, 0.4) is 0 Å². The summed E-state index contributed by atoms with van der Waals surface area (Å²) in [6.45, 7) is 0. The SMILES string of the molecule is COc1cccc2cc(C(=O)Oc3ccc4c(c3)ncn4C)oc12. The molecular weight excluding hydrogens is 308 g/mol. The number of carbonyl (C=O) groups is 1. The maximum absolute atomic E-state index is 12.3. The van der Waals surface area contributed by atoms with E-state index in [0.29, 0.717) is 17.1 Å². The summed E-state index contributed by atoms with van der Waals surface area (Å²) in [5.41, 5.74) is 2.24. The van der Waals surface area contributed by atoms with E-state index in [1.807, 2.05) is 29.8 Å². The number of methoxy groups -OCH3 is 1. The van der Waals surface area contributed by atoms with Crippen molar-refractivity contribution in [2.24, 2.45) is 7.05 Å². The second-order valence-electron chi connectivity index (χ2n) is 5.38. The molecule has 0 N–H and O–H groups in total. The smallest absolute Gasteiger partial charge is 0.379 e. The normalized spacial score (nSPS) is 11.1. The first-order valence-corrected chi connectivity index (χ1v) is 7.35. The van der Waals surface area contributed by atoms with Gasteiger partial charge in [-0.3, -0.25) is 0 Å². The molecule has 2 heterocycles. The van der Waals surface area contributed by atoms with Gasteiger partial charge in [0.25, 0.3) is 0 Å². The summed E-state index contributed by atoms with van der Waals surface area (Å²) in [6.07, 6.45) is 1.71.